The van der Waals surface area contributed by atoms with Gasteiger partial charge in [-0.1, -0.05) is 44.2 Å². The van der Waals surface area contributed by atoms with Crippen LogP contribution < -0.4 is 15.5 Å². The Kier molecular flexibility index (Phi) is 7.41. The maximum Gasteiger partial charge on any atom is 0.225 e. The van der Waals surface area contributed by atoms with Crippen LogP contribution in [-0.2, 0) is 5.41 Å². The SMILES string of the molecule is CN=C(NCCN1CCN(c2ncccn2)CC1)NCC(C)(C)c1ccccc1. The highest BCUT2D eigenvalue weighted by molar-refractivity contribution is 5.79. The van der Waals surface area contributed by atoms with Crippen LogP contribution in [0.25, 0.3) is 0 Å². The number of nitrogens with zero attached hydrogens (tertiary/aromatic N) is 5. The molecule has 0 unspecified atom stereocenters. The third-order valence-electron chi connectivity index (χ3n) is 5.40. The first-order valence-corrected chi connectivity index (χ1v) is 10.3. The summed E-state index contributed by atoms with van der Waals surface area (Å²) in [6, 6.07) is 12.4. The number of anilines is 1. The molecular formula is C22H33N7. The van der Waals surface area contributed by atoms with Crippen LogP contribution in [0.15, 0.2) is 53.8 Å². The Hall–Kier alpha value is -2.67. The van der Waals surface area contributed by atoms with Gasteiger partial charge in [-0.15, -0.1) is 0 Å². The average Bonchev–Trinajstić information content (AvgIpc) is 2.78. The minimum atomic E-state index is 0.0364. The van der Waals surface area contributed by atoms with Gasteiger partial charge in [-0.2, -0.15) is 0 Å². The second-order valence-corrected chi connectivity index (χ2v) is 7.98. The first-order valence-electron chi connectivity index (χ1n) is 10.3. The average molecular weight is 396 g/mol. The molecule has 0 amide bonds. The second kappa shape index (κ2) is 10.2. The molecular weight excluding hydrogens is 362 g/mol. The summed E-state index contributed by atoms with van der Waals surface area (Å²) in [6.07, 6.45) is 3.60. The first-order chi connectivity index (χ1) is 14.1. The van der Waals surface area contributed by atoms with Crippen LogP contribution in [0.4, 0.5) is 5.95 Å². The monoisotopic (exact) mass is 395 g/mol. The standard InChI is InChI=1S/C22H33N7/c1-22(2,19-8-5-4-6-9-19)18-27-20(23-3)24-12-13-28-14-16-29(17-15-28)21-25-10-7-11-26-21/h4-11H,12-18H2,1-3H3,(H2,23,24,27). The third kappa shape index (κ3) is 6.15. The molecule has 1 aliphatic heterocycles. The van der Waals surface area contributed by atoms with E-state index in [1.165, 1.54) is 5.56 Å². The van der Waals surface area contributed by atoms with Crippen molar-refractivity contribution >= 4 is 11.9 Å². The van der Waals surface area contributed by atoms with Gasteiger partial charge >= 0.3 is 0 Å². The van der Waals surface area contributed by atoms with Gasteiger partial charge < -0.3 is 15.5 Å². The van der Waals surface area contributed by atoms with E-state index in [2.05, 4.69) is 79.6 Å². The minimum absolute atomic E-state index is 0.0364. The van der Waals surface area contributed by atoms with E-state index in [1.54, 1.807) is 12.4 Å². The van der Waals surface area contributed by atoms with Crippen molar-refractivity contribution < 1.29 is 0 Å². The Labute approximate surface area is 174 Å². The van der Waals surface area contributed by atoms with Gasteiger partial charge in [0.2, 0.25) is 5.95 Å². The van der Waals surface area contributed by atoms with Crippen LogP contribution in [0, 0.1) is 0 Å². The molecule has 156 valence electrons. The third-order valence-corrected chi connectivity index (χ3v) is 5.40. The summed E-state index contributed by atoms with van der Waals surface area (Å²) in [7, 11) is 1.82. The maximum absolute atomic E-state index is 4.37. The zero-order chi connectivity index (χ0) is 20.5. The van der Waals surface area contributed by atoms with Crippen molar-refractivity contribution in [2.75, 3.05) is 57.8 Å². The number of rotatable bonds is 7. The normalized spacial score (nSPS) is 16.0. The van der Waals surface area contributed by atoms with E-state index in [9.17, 15) is 0 Å². The maximum atomic E-state index is 4.37. The highest BCUT2D eigenvalue weighted by atomic mass is 15.3. The van der Waals surface area contributed by atoms with Gasteiger partial charge in [0.15, 0.2) is 5.96 Å². The number of aromatic nitrogens is 2. The Morgan fingerprint density at radius 1 is 1.00 bits per heavy atom. The molecule has 0 aliphatic carbocycles. The number of hydrogen-bond acceptors (Lipinski definition) is 5. The molecule has 2 aromatic rings. The van der Waals surface area contributed by atoms with Crippen LogP contribution in [-0.4, -0.2) is 73.7 Å². The minimum Gasteiger partial charge on any atom is -0.356 e. The number of nitrogens with one attached hydrogen (secondary N) is 2. The molecule has 0 spiro atoms. The van der Waals surface area contributed by atoms with Gasteiger partial charge in [0.1, 0.15) is 0 Å². The molecule has 3 rings (SSSR count). The summed E-state index contributed by atoms with van der Waals surface area (Å²) in [5.74, 6) is 1.68. The summed E-state index contributed by atoms with van der Waals surface area (Å²) in [4.78, 5) is 17.8. The second-order valence-electron chi connectivity index (χ2n) is 7.98. The number of hydrogen-bond donors (Lipinski definition) is 2. The van der Waals surface area contributed by atoms with E-state index in [0.717, 1.165) is 57.7 Å². The van der Waals surface area contributed by atoms with Gasteiger partial charge in [-0.3, -0.25) is 9.89 Å². The molecule has 0 radical (unpaired) electrons. The molecule has 1 fully saturated rings. The van der Waals surface area contributed by atoms with E-state index < -0.39 is 0 Å². The topological polar surface area (TPSA) is 68.7 Å². The first kappa shape index (κ1) is 21.0. The Morgan fingerprint density at radius 2 is 1.69 bits per heavy atom. The number of benzene rings is 1. The van der Waals surface area contributed by atoms with Gasteiger partial charge in [-0.25, -0.2) is 9.97 Å². The van der Waals surface area contributed by atoms with E-state index in [-0.39, 0.29) is 5.41 Å². The Morgan fingerprint density at radius 3 is 2.34 bits per heavy atom. The molecule has 7 nitrogen and oxygen atoms in total. The Bertz CT molecular complexity index is 753. The fraction of sp³-hybridized carbons (Fsp3) is 0.500. The van der Waals surface area contributed by atoms with Crippen LogP contribution in [0.1, 0.15) is 19.4 Å². The summed E-state index contributed by atoms with van der Waals surface area (Å²) in [5, 5.41) is 6.91. The molecule has 7 heteroatoms. The van der Waals surface area contributed by atoms with Crippen molar-refractivity contribution in [3.8, 4) is 0 Å². The lowest BCUT2D eigenvalue weighted by Gasteiger charge is -2.34. The molecule has 2 N–H and O–H groups in total. The molecule has 2 heterocycles. The fourth-order valence-corrected chi connectivity index (χ4v) is 3.48. The smallest absolute Gasteiger partial charge is 0.225 e. The quantitative estimate of drug-likeness (QED) is 0.550. The highest BCUT2D eigenvalue weighted by Crippen LogP contribution is 2.21. The van der Waals surface area contributed by atoms with Crippen LogP contribution >= 0.6 is 0 Å². The van der Waals surface area contributed by atoms with E-state index in [0.29, 0.717) is 0 Å². The molecule has 0 saturated carbocycles. The lowest BCUT2D eigenvalue weighted by Crippen LogP contribution is -2.50. The molecule has 29 heavy (non-hydrogen) atoms. The largest absolute Gasteiger partial charge is 0.356 e. The van der Waals surface area contributed by atoms with Crippen LogP contribution in [0.3, 0.4) is 0 Å². The molecule has 1 saturated heterocycles. The number of aliphatic imine (C=N–C) groups is 1. The van der Waals surface area contributed by atoms with Gasteiger partial charge in [0.05, 0.1) is 0 Å². The zero-order valence-corrected chi connectivity index (χ0v) is 17.8. The molecule has 1 aromatic heterocycles. The van der Waals surface area contributed by atoms with Crippen molar-refractivity contribution in [2.45, 2.75) is 19.3 Å². The van der Waals surface area contributed by atoms with Crippen LogP contribution in [0.5, 0.6) is 0 Å². The zero-order valence-electron chi connectivity index (χ0n) is 17.8. The van der Waals surface area contributed by atoms with Gasteiger partial charge in [-0.05, 0) is 11.6 Å². The van der Waals surface area contributed by atoms with Crippen molar-refractivity contribution in [2.24, 2.45) is 4.99 Å². The predicted octanol–water partition coefficient (Wildman–Crippen LogP) is 1.74. The molecule has 1 aliphatic rings. The molecule has 1 aromatic carbocycles. The number of piperazine rings is 1. The van der Waals surface area contributed by atoms with Crippen molar-refractivity contribution in [3.05, 3.63) is 54.4 Å². The lowest BCUT2D eigenvalue weighted by molar-refractivity contribution is 0.260. The van der Waals surface area contributed by atoms with Crippen molar-refractivity contribution in [1.29, 1.82) is 0 Å². The summed E-state index contributed by atoms with van der Waals surface area (Å²) < 4.78 is 0. The summed E-state index contributed by atoms with van der Waals surface area (Å²) in [6.45, 7) is 11.1. The van der Waals surface area contributed by atoms with E-state index >= 15 is 0 Å². The number of guanidine groups is 1. The van der Waals surface area contributed by atoms with E-state index in [1.807, 2.05) is 13.1 Å². The van der Waals surface area contributed by atoms with E-state index in [4.69, 9.17) is 0 Å². The fourth-order valence-electron chi connectivity index (χ4n) is 3.48. The Balaban J connectivity index is 1.37. The van der Waals surface area contributed by atoms with Crippen molar-refractivity contribution in [1.82, 2.24) is 25.5 Å². The van der Waals surface area contributed by atoms with Crippen LogP contribution in [0.2, 0.25) is 0 Å². The predicted molar refractivity (Wildman–Crippen MR) is 120 cm³/mol. The molecule has 0 atom stereocenters. The van der Waals surface area contributed by atoms with Crippen molar-refractivity contribution in [3.63, 3.8) is 0 Å². The van der Waals surface area contributed by atoms with Gasteiger partial charge in [0.25, 0.3) is 0 Å². The highest BCUT2D eigenvalue weighted by Gasteiger charge is 2.21. The summed E-state index contributed by atoms with van der Waals surface area (Å²) in [5.41, 5.74) is 1.36. The summed E-state index contributed by atoms with van der Waals surface area (Å²) >= 11 is 0. The molecule has 0 bridgehead atoms. The lowest BCUT2D eigenvalue weighted by atomic mass is 9.85. The van der Waals surface area contributed by atoms with Gasteiger partial charge in [0, 0.05) is 70.7 Å².